The highest BCUT2D eigenvalue weighted by Crippen LogP contribution is 2.31. The number of benzene rings is 1. The molecule has 1 aliphatic heterocycles. The molecule has 0 amide bonds. The Morgan fingerprint density at radius 2 is 1.88 bits per heavy atom. The second-order valence-electron chi connectivity index (χ2n) is 7.08. The van der Waals surface area contributed by atoms with E-state index in [-0.39, 0.29) is 13.2 Å². The molecular formula is C17H24O7Si. The first-order valence-corrected chi connectivity index (χ1v) is 11.4. The third-order valence-corrected chi connectivity index (χ3v) is 4.57. The average Bonchev–Trinajstić information content (AvgIpc) is 2.74. The molecule has 1 aromatic rings. The second kappa shape index (κ2) is 7.55. The first-order chi connectivity index (χ1) is 11.6. The molecule has 1 aromatic carbocycles. The number of hydrogen-bond donors (Lipinski definition) is 1. The fourth-order valence-corrected chi connectivity index (χ4v) is 3.54. The van der Waals surface area contributed by atoms with Crippen molar-refractivity contribution in [2.45, 2.75) is 51.0 Å². The zero-order valence-electron chi connectivity index (χ0n) is 14.9. The minimum atomic E-state index is -2.06. The van der Waals surface area contributed by atoms with Crippen LogP contribution in [0, 0.1) is 0 Å². The van der Waals surface area contributed by atoms with Crippen molar-refractivity contribution in [1.29, 1.82) is 0 Å². The van der Waals surface area contributed by atoms with Crippen molar-refractivity contribution in [2.75, 3.05) is 6.61 Å². The molecular weight excluding hydrogens is 344 g/mol. The molecule has 0 saturated carbocycles. The van der Waals surface area contributed by atoms with Crippen LogP contribution in [0.3, 0.4) is 0 Å². The lowest BCUT2D eigenvalue weighted by molar-refractivity contribution is -0.155. The number of carbonyl (C=O) groups excluding carboxylic acids is 2. The van der Waals surface area contributed by atoms with Gasteiger partial charge in [0.05, 0.1) is 0 Å². The van der Waals surface area contributed by atoms with Crippen LogP contribution in [0.25, 0.3) is 0 Å². The number of aliphatic hydroxyl groups is 1. The summed E-state index contributed by atoms with van der Waals surface area (Å²) >= 11 is 0. The Balaban J connectivity index is 1.89. The highest BCUT2D eigenvalue weighted by atomic mass is 28.4. The molecule has 0 bridgehead atoms. The Morgan fingerprint density at radius 3 is 2.48 bits per heavy atom. The Labute approximate surface area is 148 Å². The van der Waals surface area contributed by atoms with Crippen LogP contribution in [-0.2, 0) is 30.0 Å². The van der Waals surface area contributed by atoms with Gasteiger partial charge in [-0.1, -0.05) is 30.3 Å². The summed E-state index contributed by atoms with van der Waals surface area (Å²) in [6.07, 6.45) is -2.65. The van der Waals surface area contributed by atoms with Gasteiger partial charge in [0.2, 0.25) is 0 Å². The van der Waals surface area contributed by atoms with Crippen LogP contribution < -0.4 is 0 Å². The molecule has 3 atom stereocenters. The van der Waals surface area contributed by atoms with Crippen molar-refractivity contribution in [2.24, 2.45) is 0 Å². The molecule has 138 valence electrons. The molecule has 1 aliphatic rings. The fraction of sp³-hybridized carbons (Fsp3) is 0.529. The Morgan fingerprint density at radius 1 is 1.24 bits per heavy atom. The number of esters is 1. The predicted molar refractivity (Wildman–Crippen MR) is 91.3 cm³/mol. The van der Waals surface area contributed by atoms with Crippen molar-refractivity contribution < 1.29 is 33.3 Å². The van der Waals surface area contributed by atoms with E-state index in [2.05, 4.69) is 0 Å². The molecule has 8 heteroatoms. The lowest BCUT2D eigenvalue weighted by atomic mass is 9.99. The fourth-order valence-electron chi connectivity index (χ4n) is 2.40. The molecule has 1 fully saturated rings. The minimum absolute atomic E-state index is 0.0800. The van der Waals surface area contributed by atoms with E-state index in [1.807, 2.05) is 50.0 Å². The van der Waals surface area contributed by atoms with Gasteiger partial charge < -0.3 is 23.7 Å². The summed E-state index contributed by atoms with van der Waals surface area (Å²) in [5.41, 5.74) is -0.947. The van der Waals surface area contributed by atoms with Gasteiger partial charge in [-0.05, 0) is 32.1 Å². The monoisotopic (exact) mass is 368 g/mol. The van der Waals surface area contributed by atoms with E-state index in [1.54, 1.807) is 0 Å². The smallest absolute Gasteiger partial charge is 0.454 e. The van der Waals surface area contributed by atoms with Crippen LogP contribution in [0.4, 0.5) is 4.79 Å². The van der Waals surface area contributed by atoms with Gasteiger partial charge in [0.1, 0.15) is 19.3 Å². The van der Waals surface area contributed by atoms with Crippen molar-refractivity contribution in [3.8, 4) is 0 Å². The quantitative estimate of drug-likeness (QED) is 0.608. The van der Waals surface area contributed by atoms with E-state index < -0.39 is 38.3 Å². The van der Waals surface area contributed by atoms with E-state index in [1.165, 1.54) is 6.92 Å². The van der Waals surface area contributed by atoms with Gasteiger partial charge in [-0.2, -0.15) is 0 Å². The Hall–Kier alpha value is -1.90. The maximum Gasteiger partial charge on any atom is 0.508 e. The van der Waals surface area contributed by atoms with Gasteiger partial charge in [0, 0.05) is 0 Å². The molecule has 0 aromatic heterocycles. The molecule has 1 heterocycles. The average molecular weight is 368 g/mol. The molecule has 0 radical (unpaired) electrons. The maximum absolute atomic E-state index is 11.8. The van der Waals surface area contributed by atoms with Crippen LogP contribution >= 0.6 is 0 Å². The zero-order chi connectivity index (χ0) is 18.7. The summed E-state index contributed by atoms with van der Waals surface area (Å²) in [6.45, 7) is 6.96. The van der Waals surface area contributed by atoms with E-state index >= 15 is 0 Å². The number of rotatable bonds is 6. The topological polar surface area (TPSA) is 91.3 Å². The lowest BCUT2D eigenvalue weighted by Gasteiger charge is -2.30. The van der Waals surface area contributed by atoms with Gasteiger partial charge in [-0.25, -0.2) is 9.59 Å². The van der Waals surface area contributed by atoms with Crippen molar-refractivity contribution >= 4 is 20.4 Å². The maximum atomic E-state index is 11.8. The largest absolute Gasteiger partial charge is 0.508 e. The SMILES string of the molecule is C[C@@]1(O)C(=O)O[C@H](COC(=O)OCc2ccccc2)[C@H]1O[Si](C)(C)C. The van der Waals surface area contributed by atoms with Crippen LogP contribution in [0.1, 0.15) is 12.5 Å². The summed E-state index contributed by atoms with van der Waals surface area (Å²) in [7, 11) is -2.06. The summed E-state index contributed by atoms with van der Waals surface area (Å²) in [6, 6.07) is 9.17. The first kappa shape index (κ1) is 19.4. The molecule has 0 spiro atoms. The number of ether oxygens (including phenoxy) is 3. The minimum Gasteiger partial charge on any atom is -0.454 e. The Bertz CT molecular complexity index is 609. The molecule has 1 saturated heterocycles. The summed E-state index contributed by atoms with van der Waals surface area (Å²) in [5.74, 6) is -0.790. The van der Waals surface area contributed by atoms with E-state index in [0.717, 1.165) is 5.56 Å². The van der Waals surface area contributed by atoms with Crippen molar-refractivity contribution in [3.05, 3.63) is 35.9 Å². The number of carbonyl (C=O) groups is 2. The van der Waals surface area contributed by atoms with Crippen molar-refractivity contribution in [1.82, 2.24) is 0 Å². The van der Waals surface area contributed by atoms with E-state index in [0.29, 0.717) is 0 Å². The van der Waals surface area contributed by atoms with Gasteiger partial charge in [-0.15, -0.1) is 0 Å². The highest BCUT2D eigenvalue weighted by Gasteiger charge is 2.55. The highest BCUT2D eigenvalue weighted by molar-refractivity contribution is 6.69. The van der Waals surface area contributed by atoms with Gasteiger partial charge >= 0.3 is 12.1 Å². The normalized spacial score (nSPS) is 26.2. The van der Waals surface area contributed by atoms with Crippen LogP contribution in [0.5, 0.6) is 0 Å². The lowest BCUT2D eigenvalue weighted by Crippen LogP contribution is -2.50. The molecule has 0 aliphatic carbocycles. The second-order valence-corrected chi connectivity index (χ2v) is 11.5. The van der Waals surface area contributed by atoms with Gasteiger partial charge in [0.15, 0.2) is 20.0 Å². The van der Waals surface area contributed by atoms with Crippen molar-refractivity contribution in [3.63, 3.8) is 0 Å². The zero-order valence-corrected chi connectivity index (χ0v) is 15.9. The van der Waals surface area contributed by atoms with E-state index in [4.69, 9.17) is 18.6 Å². The molecule has 2 rings (SSSR count). The summed E-state index contributed by atoms with van der Waals surface area (Å²) in [4.78, 5) is 23.6. The van der Waals surface area contributed by atoms with E-state index in [9.17, 15) is 14.7 Å². The van der Waals surface area contributed by atoms with Gasteiger partial charge in [-0.3, -0.25) is 0 Å². The van der Waals surface area contributed by atoms with Crippen LogP contribution in [0.2, 0.25) is 19.6 Å². The summed E-state index contributed by atoms with van der Waals surface area (Å²) in [5, 5.41) is 10.3. The van der Waals surface area contributed by atoms with Crippen LogP contribution in [0.15, 0.2) is 30.3 Å². The van der Waals surface area contributed by atoms with Gasteiger partial charge in [0.25, 0.3) is 0 Å². The molecule has 1 N–H and O–H groups in total. The predicted octanol–water partition coefficient (Wildman–Crippen LogP) is 2.24. The summed E-state index contributed by atoms with van der Waals surface area (Å²) < 4.78 is 21.0. The third-order valence-electron chi connectivity index (χ3n) is 3.61. The number of cyclic esters (lactones) is 1. The number of hydrogen-bond acceptors (Lipinski definition) is 7. The molecule has 7 nitrogen and oxygen atoms in total. The molecule has 0 unspecified atom stereocenters. The standard InChI is InChI=1S/C17H24O7Si/c1-17(20)14(24-25(2,3)4)13(23-15(17)18)11-22-16(19)21-10-12-8-6-5-7-9-12/h5-9,13-14,20H,10-11H2,1-4H3/t13-,14-,17+/m1/s1. The first-order valence-electron chi connectivity index (χ1n) is 8.04. The van der Waals surface area contributed by atoms with Crippen LogP contribution in [-0.4, -0.2) is 50.0 Å². The Kier molecular flexibility index (Phi) is 5.86. The third kappa shape index (κ3) is 5.28. The molecule has 25 heavy (non-hydrogen) atoms.